The second-order valence-corrected chi connectivity index (χ2v) is 2.92. The Morgan fingerprint density at radius 3 is 3.10 bits per heavy atom. The lowest BCUT2D eigenvalue weighted by molar-refractivity contribution is 0.0772. The van der Waals surface area contributed by atoms with Crippen LogP contribution in [0.3, 0.4) is 0 Å². The van der Waals surface area contributed by atoms with Crippen molar-refractivity contribution in [1.29, 1.82) is 0 Å². The molecule has 1 aliphatic carbocycles. The fourth-order valence-corrected chi connectivity index (χ4v) is 1.62. The van der Waals surface area contributed by atoms with E-state index in [0.29, 0.717) is 0 Å². The lowest BCUT2D eigenvalue weighted by Gasteiger charge is -2.20. The minimum Gasteiger partial charge on any atom is -0.445 e. The Kier molecular flexibility index (Phi) is 1.11. The van der Waals surface area contributed by atoms with Crippen molar-refractivity contribution in [2.75, 3.05) is 0 Å². The van der Waals surface area contributed by atoms with Crippen LogP contribution in [0.4, 0.5) is 4.79 Å². The molecule has 2 aliphatic rings. The molecule has 4 nitrogen and oxygen atoms in total. The Balaban J connectivity index is 2.13. The van der Waals surface area contributed by atoms with E-state index in [1.165, 1.54) is 0 Å². The summed E-state index contributed by atoms with van der Waals surface area (Å²) in [6.45, 7) is 0. The highest BCUT2D eigenvalue weighted by molar-refractivity contribution is 5.69. The van der Waals surface area contributed by atoms with Gasteiger partial charge >= 0.3 is 6.09 Å². The summed E-state index contributed by atoms with van der Waals surface area (Å²) in [6.07, 6.45) is 1.40. The second kappa shape index (κ2) is 1.85. The van der Waals surface area contributed by atoms with Crippen molar-refractivity contribution in [1.82, 2.24) is 5.32 Å². The van der Waals surface area contributed by atoms with Gasteiger partial charge in [0.25, 0.3) is 0 Å². The molecule has 1 saturated carbocycles. The van der Waals surface area contributed by atoms with Gasteiger partial charge in [-0.2, -0.15) is 0 Å². The van der Waals surface area contributed by atoms with E-state index in [4.69, 9.17) is 10.5 Å². The molecule has 2 rings (SSSR count). The zero-order chi connectivity index (χ0) is 7.14. The van der Waals surface area contributed by atoms with Crippen molar-refractivity contribution in [3.8, 4) is 0 Å². The SMILES string of the molecule is N[C@@H]1C[C@@H]2C[C@H]1OC(=O)N2. The van der Waals surface area contributed by atoms with Crippen LogP contribution in [0.5, 0.6) is 0 Å². The first-order valence-corrected chi connectivity index (χ1v) is 3.48. The van der Waals surface area contributed by atoms with Crippen LogP contribution in [-0.2, 0) is 4.74 Å². The average Bonchev–Trinajstić information content (AvgIpc) is 2.07. The Morgan fingerprint density at radius 2 is 2.40 bits per heavy atom. The molecule has 0 aromatic carbocycles. The van der Waals surface area contributed by atoms with Crippen molar-refractivity contribution in [2.45, 2.75) is 31.0 Å². The van der Waals surface area contributed by atoms with E-state index in [2.05, 4.69) is 5.32 Å². The lowest BCUT2D eigenvalue weighted by Crippen LogP contribution is -2.41. The molecule has 0 spiro atoms. The lowest BCUT2D eigenvalue weighted by atomic mass is 10.2. The third-order valence-corrected chi connectivity index (χ3v) is 2.13. The van der Waals surface area contributed by atoms with Gasteiger partial charge in [0.15, 0.2) is 0 Å². The van der Waals surface area contributed by atoms with Gasteiger partial charge in [-0.3, -0.25) is 0 Å². The van der Waals surface area contributed by atoms with Gasteiger partial charge in [0.2, 0.25) is 0 Å². The largest absolute Gasteiger partial charge is 0.445 e. The molecule has 1 heterocycles. The van der Waals surface area contributed by atoms with Gasteiger partial charge in [-0.05, 0) is 6.42 Å². The van der Waals surface area contributed by atoms with Crippen LogP contribution >= 0.6 is 0 Å². The highest BCUT2D eigenvalue weighted by Gasteiger charge is 2.39. The van der Waals surface area contributed by atoms with Crippen LogP contribution in [-0.4, -0.2) is 24.3 Å². The van der Waals surface area contributed by atoms with Crippen LogP contribution < -0.4 is 11.1 Å². The average molecular weight is 142 g/mol. The number of fused-ring (bicyclic) bond motifs is 2. The Morgan fingerprint density at radius 1 is 1.60 bits per heavy atom. The quantitative estimate of drug-likeness (QED) is 0.483. The Hall–Kier alpha value is -0.770. The number of nitrogens with two attached hydrogens (primary N) is 1. The maximum absolute atomic E-state index is 10.7. The van der Waals surface area contributed by atoms with E-state index in [9.17, 15) is 4.79 Å². The number of hydrogen-bond donors (Lipinski definition) is 2. The zero-order valence-electron chi connectivity index (χ0n) is 5.54. The molecule has 3 atom stereocenters. The molecule has 56 valence electrons. The number of rotatable bonds is 0. The summed E-state index contributed by atoms with van der Waals surface area (Å²) in [6, 6.07) is 0.310. The van der Waals surface area contributed by atoms with Crippen molar-refractivity contribution >= 4 is 6.09 Å². The van der Waals surface area contributed by atoms with Crippen LogP contribution in [0.1, 0.15) is 12.8 Å². The predicted molar refractivity (Wildman–Crippen MR) is 34.4 cm³/mol. The van der Waals surface area contributed by atoms with E-state index in [1.54, 1.807) is 0 Å². The van der Waals surface area contributed by atoms with Crippen LogP contribution in [0.15, 0.2) is 0 Å². The summed E-state index contributed by atoms with van der Waals surface area (Å²) in [5, 5.41) is 2.70. The topological polar surface area (TPSA) is 64.3 Å². The van der Waals surface area contributed by atoms with Gasteiger partial charge in [-0.25, -0.2) is 4.79 Å². The molecule has 2 bridgehead atoms. The maximum atomic E-state index is 10.7. The van der Waals surface area contributed by atoms with Gasteiger partial charge < -0.3 is 15.8 Å². The van der Waals surface area contributed by atoms with Crippen molar-refractivity contribution in [3.63, 3.8) is 0 Å². The summed E-state index contributed by atoms with van der Waals surface area (Å²) in [5.41, 5.74) is 5.66. The number of nitrogens with one attached hydrogen (secondary N) is 1. The van der Waals surface area contributed by atoms with Gasteiger partial charge in [0.1, 0.15) is 6.10 Å². The molecule has 3 N–H and O–H groups in total. The van der Waals surface area contributed by atoms with Crippen molar-refractivity contribution < 1.29 is 9.53 Å². The molecule has 0 aromatic heterocycles. The minimum atomic E-state index is -0.311. The van der Waals surface area contributed by atoms with Gasteiger partial charge in [0, 0.05) is 18.5 Å². The first-order chi connectivity index (χ1) is 4.75. The van der Waals surface area contributed by atoms with Crippen LogP contribution in [0.25, 0.3) is 0 Å². The van der Waals surface area contributed by atoms with E-state index >= 15 is 0 Å². The summed E-state index contributed by atoms with van der Waals surface area (Å²) in [5.74, 6) is 0. The molecule has 2 fully saturated rings. The number of carbonyl (C=O) groups is 1. The zero-order valence-corrected chi connectivity index (χ0v) is 5.54. The normalized spacial score (nSPS) is 44.5. The smallest absolute Gasteiger partial charge is 0.407 e. The first kappa shape index (κ1) is 5.97. The maximum Gasteiger partial charge on any atom is 0.407 e. The Labute approximate surface area is 58.7 Å². The highest BCUT2D eigenvalue weighted by Crippen LogP contribution is 2.24. The van der Waals surface area contributed by atoms with E-state index in [-0.39, 0.29) is 24.3 Å². The van der Waals surface area contributed by atoms with Gasteiger partial charge in [-0.15, -0.1) is 0 Å². The molecule has 0 aromatic rings. The number of carbonyl (C=O) groups excluding carboxylic acids is 1. The summed E-state index contributed by atoms with van der Waals surface area (Å²) >= 11 is 0. The number of alkyl carbamates (subject to hydrolysis) is 1. The van der Waals surface area contributed by atoms with Crippen molar-refractivity contribution in [2.24, 2.45) is 5.73 Å². The first-order valence-electron chi connectivity index (χ1n) is 3.48. The molecular formula is C6H10N2O2. The Bertz CT molecular complexity index is 169. The third kappa shape index (κ3) is 0.759. The van der Waals surface area contributed by atoms with E-state index < -0.39 is 0 Å². The third-order valence-electron chi connectivity index (χ3n) is 2.13. The molecule has 0 unspecified atom stereocenters. The number of hydrogen-bond acceptors (Lipinski definition) is 3. The van der Waals surface area contributed by atoms with Gasteiger partial charge in [-0.1, -0.05) is 0 Å². The van der Waals surface area contributed by atoms with E-state index in [0.717, 1.165) is 12.8 Å². The molecular weight excluding hydrogens is 132 g/mol. The number of ether oxygens (including phenoxy) is 1. The standard InChI is InChI=1S/C6H10N2O2/c7-4-1-3-2-5(4)10-6(9)8-3/h3-5H,1-2,7H2,(H,8,9)/t3-,4-,5-/m1/s1. The fraction of sp³-hybridized carbons (Fsp3) is 0.833. The molecule has 1 saturated heterocycles. The highest BCUT2D eigenvalue weighted by atomic mass is 16.6. The fourth-order valence-electron chi connectivity index (χ4n) is 1.62. The van der Waals surface area contributed by atoms with E-state index in [1.807, 2.05) is 0 Å². The summed E-state index contributed by atoms with van der Waals surface area (Å²) in [4.78, 5) is 10.7. The molecule has 0 radical (unpaired) electrons. The molecule has 1 aliphatic heterocycles. The van der Waals surface area contributed by atoms with Crippen molar-refractivity contribution in [3.05, 3.63) is 0 Å². The molecule has 4 heteroatoms. The predicted octanol–water partition coefficient (Wildman–Crippen LogP) is -0.416. The summed E-state index contributed by atoms with van der Waals surface area (Å²) < 4.78 is 4.91. The minimum absolute atomic E-state index is 0.0289. The van der Waals surface area contributed by atoms with Gasteiger partial charge in [0.05, 0.1) is 0 Å². The monoisotopic (exact) mass is 142 g/mol. The summed E-state index contributed by atoms with van der Waals surface area (Å²) in [7, 11) is 0. The number of amides is 1. The van der Waals surface area contributed by atoms with Crippen LogP contribution in [0.2, 0.25) is 0 Å². The molecule has 1 amide bonds. The molecule has 10 heavy (non-hydrogen) atoms. The van der Waals surface area contributed by atoms with Crippen LogP contribution in [0, 0.1) is 0 Å². The second-order valence-electron chi connectivity index (χ2n) is 2.92.